The average molecular weight is 276 g/mol. The van der Waals surface area contributed by atoms with E-state index in [1.54, 1.807) is 0 Å². The maximum Gasteiger partial charge on any atom is 0.120 e. The Morgan fingerprint density at radius 2 is 1.85 bits per heavy atom. The maximum absolute atomic E-state index is 10.5. The van der Waals surface area contributed by atoms with E-state index in [1.807, 2.05) is 38.1 Å². The Morgan fingerprint density at radius 3 is 2.50 bits per heavy atom. The second kappa shape index (κ2) is 7.68. The highest BCUT2D eigenvalue weighted by Crippen LogP contribution is 2.32. The zero-order valence-corrected chi connectivity index (χ0v) is 12.8. The van der Waals surface area contributed by atoms with Crippen LogP contribution in [-0.2, 0) is 0 Å². The quantitative estimate of drug-likeness (QED) is 0.778. The first-order valence-electron chi connectivity index (χ1n) is 8.10. The largest absolute Gasteiger partial charge is 0.491 e. The van der Waals surface area contributed by atoms with Gasteiger partial charge in [0.1, 0.15) is 5.75 Å². The molecule has 1 N–H and O–H groups in total. The van der Waals surface area contributed by atoms with Crippen molar-refractivity contribution in [2.45, 2.75) is 71.0 Å². The highest BCUT2D eigenvalue weighted by molar-refractivity contribution is 5.30. The van der Waals surface area contributed by atoms with Crippen LogP contribution in [0.25, 0.3) is 0 Å². The number of aliphatic hydroxyl groups excluding tert-OH is 1. The normalized spacial score (nSPS) is 18.8. The van der Waals surface area contributed by atoms with Gasteiger partial charge in [0.05, 0.1) is 12.2 Å². The van der Waals surface area contributed by atoms with Gasteiger partial charge in [-0.05, 0) is 43.9 Å². The Labute approximate surface area is 123 Å². The van der Waals surface area contributed by atoms with E-state index in [0.717, 1.165) is 17.7 Å². The van der Waals surface area contributed by atoms with Crippen molar-refractivity contribution >= 4 is 0 Å². The van der Waals surface area contributed by atoms with Crippen LogP contribution in [0.2, 0.25) is 0 Å². The van der Waals surface area contributed by atoms with Crippen LogP contribution in [0.1, 0.15) is 70.5 Å². The molecule has 1 unspecified atom stereocenters. The molecule has 2 rings (SSSR count). The molecule has 0 bridgehead atoms. The minimum absolute atomic E-state index is 0.171. The topological polar surface area (TPSA) is 29.5 Å². The lowest BCUT2D eigenvalue weighted by Gasteiger charge is -2.19. The second-order valence-corrected chi connectivity index (χ2v) is 6.35. The van der Waals surface area contributed by atoms with Crippen LogP contribution in [0, 0.1) is 5.92 Å². The lowest BCUT2D eigenvalue weighted by Crippen LogP contribution is -2.08. The van der Waals surface area contributed by atoms with E-state index in [9.17, 15) is 5.11 Å². The predicted octanol–water partition coefficient (Wildman–Crippen LogP) is 4.87. The fourth-order valence-corrected chi connectivity index (χ4v) is 3.12. The summed E-state index contributed by atoms with van der Waals surface area (Å²) in [4.78, 5) is 0. The van der Waals surface area contributed by atoms with Crippen LogP contribution in [0.3, 0.4) is 0 Å². The molecule has 2 nitrogen and oxygen atoms in total. The third-order valence-corrected chi connectivity index (χ3v) is 4.15. The van der Waals surface area contributed by atoms with Gasteiger partial charge in [0.2, 0.25) is 0 Å². The van der Waals surface area contributed by atoms with Crippen molar-refractivity contribution in [1.29, 1.82) is 0 Å². The summed E-state index contributed by atoms with van der Waals surface area (Å²) in [6.07, 6.45) is 8.65. The number of rotatable bonds is 5. The molecule has 0 spiro atoms. The lowest BCUT2D eigenvalue weighted by atomic mass is 9.91. The van der Waals surface area contributed by atoms with Gasteiger partial charge < -0.3 is 9.84 Å². The number of hydrogen-bond acceptors (Lipinski definition) is 2. The van der Waals surface area contributed by atoms with Crippen LogP contribution in [-0.4, -0.2) is 11.2 Å². The van der Waals surface area contributed by atoms with E-state index in [1.165, 1.54) is 38.5 Å². The summed E-state index contributed by atoms with van der Waals surface area (Å²) in [6, 6.07) is 7.93. The molecule has 0 radical (unpaired) electrons. The predicted molar refractivity (Wildman–Crippen MR) is 83.0 cm³/mol. The molecule has 1 atom stereocenters. The summed E-state index contributed by atoms with van der Waals surface area (Å²) < 4.78 is 5.70. The van der Waals surface area contributed by atoms with Gasteiger partial charge in [-0.3, -0.25) is 0 Å². The first-order chi connectivity index (χ1) is 9.65. The summed E-state index contributed by atoms with van der Waals surface area (Å²) in [5.41, 5.74) is 0.993. The van der Waals surface area contributed by atoms with E-state index in [2.05, 4.69) is 0 Å². The minimum Gasteiger partial charge on any atom is -0.491 e. The fourth-order valence-electron chi connectivity index (χ4n) is 3.12. The van der Waals surface area contributed by atoms with Gasteiger partial charge in [-0.2, -0.15) is 0 Å². The van der Waals surface area contributed by atoms with Gasteiger partial charge in [0, 0.05) is 0 Å². The van der Waals surface area contributed by atoms with Crippen LogP contribution < -0.4 is 4.74 Å². The number of aliphatic hydroxyl groups is 1. The number of hydrogen-bond donors (Lipinski definition) is 1. The van der Waals surface area contributed by atoms with Crippen molar-refractivity contribution in [3.8, 4) is 5.75 Å². The van der Waals surface area contributed by atoms with Gasteiger partial charge in [-0.1, -0.05) is 50.7 Å². The van der Waals surface area contributed by atoms with E-state index < -0.39 is 0 Å². The van der Waals surface area contributed by atoms with E-state index >= 15 is 0 Å². The van der Waals surface area contributed by atoms with E-state index in [4.69, 9.17) is 4.74 Å². The Morgan fingerprint density at radius 1 is 1.15 bits per heavy atom. The minimum atomic E-state index is -0.353. The van der Waals surface area contributed by atoms with Gasteiger partial charge in [-0.15, -0.1) is 0 Å². The van der Waals surface area contributed by atoms with Crippen LogP contribution in [0.15, 0.2) is 24.3 Å². The molecule has 2 heteroatoms. The molecule has 1 aromatic carbocycles. The summed E-state index contributed by atoms with van der Waals surface area (Å²) in [5.74, 6) is 1.54. The van der Waals surface area contributed by atoms with Crippen LogP contribution >= 0.6 is 0 Å². The smallest absolute Gasteiger partial charge is 0.120 e. The molecule has 1 aromatic rings. The summed E-state index contributed by atoms with van der Waals surface area (Å²) in [6.45, 7) is 4.04. The molecule has 1 saturated carbocycles. The Kier molecular flexibility index (Phi) is 5.90. The molecule has 0 saturated heterocycles. The summed E-state index contributed by atoms with van der Waals surface area (Å²) in [5, 5.41) is 10.5. The van der Waals surface area contributed by atoms with Crippen LogP contribution in [0.5, 0.6) is 5.75 Å². The standard InChI is InChI=1S/C18H28O2/c1-14(2)20-17-11-7-10-16(13-17)18(19)12-15-8-5-3-4-6-9-15/h7,10-11,13-15,18-19H,3-6,8-9,12H2,1-2H3. The van der Waals surface area contributed by atoms with Gasteiger partial charge in [0.15, 0.2) is 0 Å². The highest BCUT2D eigenvalue weighted by Gasteiger charge is 2.18. The molecule has 20 heavy (non-hydrogen) atoms. The molecule has 0 heterocycles. The van der Waals surface area contributed by atoms with Gasteiger partial charge in [0.25, 0.3) is 0 Å². The first kappa shape index (κ1) is 15.4. The molecular formula is C18H28O2. The molecule has 0 aromatic heterocycles. The summed E-state index contributed by atoms with van der Waals surface area (Å²) in [7, 11) is 0. The van der Waals surface area contributed by atoms with Gasteiger partial charge >= 0.3 is 0 Å². The molecule has 0 aliphatic heterocycles. The van der Waals surface area contributed by atoms with Gasteiger partial charge in [-0.25, -0.2) is 0 Å². The molecule has 1 aliphatic carbocycles. The Hall–Kier alpha value is -1.02. The summed E-state index contributed by atoms with van der Waals surface area (Å²) >= 11 is 0. The van der Waals surface area contributed by atoms with Crippen LogP contribution in [0.4, 0.5) is 0 Å². The molecule has 1 fully saturated rings. The van der Waals surface area contributed by atoms with Crippen molar-refractivity contribution in [3.05, 3.63) is 29.8 Å². The molecule has 1 aliphatic rings. The van der Waals surface area contributed by atoms with Crippen molar-refractivity contribution in [1.82, 2.24) is 0 Å². The fraction of sp³-hybridized carbons (Fsp3) is 0.667. The number of benzene rings is 1. The molecule has 112 valence electrons. The monoisotopic (exact) mass is 276 g/mol. The van der Waals surface area contributed by atoms with Crippen molar-refractivity contribution in [3.63, 3.8) is 0 Å². The number of ether oxygens (including phenoxy) is 1. The highest BCUT2D eigenvalue weighted by atomic mass is 16.5. The van der Waals surface area contributed by atoms with Crippen molar-refractivity contribution < 1.29 is 9.84 Å². The van der Waals surface area contributed by atoms with E-state index in [-0.39, 0.29) is 12.2 Å². The molecular weight excluding hydrogens is 248 g/mol. The maximum atomic E-state index is 10.5. The molecule has 0 amide bonds. The Balaban J connectivity index is 1.95. The van der Waals surface area contributed by atoms with Crippen molar-refractivity contribution in [2.24, 2.45) is 5.92 Å². The SMILES string of the molecule is CC(C)Oc1cccc(C(O)CC2CCCCCC2)c1. The van der Waals surface area contributed by atoms with E-state index in [0.29, 0.717) is 5.92 Å². The average Bonchev–Trinajstić information content (AvgIpc) is 2.67. The third kappa shape index (κ3) is 4.82. The second-order valence-electron chi connectivity index (χ2n) is 6.35. The zero-order chi connectivity index (χ0) is 14.4. The first-order valence-corrected chi connectivity index (χ1v) is 8.10. The Bertz CT molecular complexity index is 392. The lowest BCUT2D eigenvalue weighted by molar-refractivity contribution is 0.138. The third-order valence-electron chi connectivity index (χ3n) is 4.15. The zero-order valence-electron chi connectivity index (χ0n) is 12.8. The van der Waals surface area contributed by atoms with Crippen molar-refractivity contribution in [2.75, 3.05) is 0 Å².